The Balaban J connectivity index is 1.57. The fraction of sp³-hybridized carbons (Fsp3) is 0.321. The van der Waals surface area contributed by atoms with Crippen molar-refractivity contribution in [1.82, 2.24) is 15.5 Å². The van der Waals surface area contributed by atoms with Crippen LogP contribution in [0.4, 0.5) is 0 Å². The summed E-state index contributed by atoms with van der Waals surface area (Å²) in [6, 6.07) is 3.29. The molecule has 1 aromatic carbocycles. The van der Waals surface area contributed by atoms with Crippen molar-refractivity contribution in [1.29, 1.82) is 0 Å². The minimum atomic E-state index is -1.60. The summed E-state index contributed by atoms with van der Waals surface area (Å²) >= 11 is 3.11. The topological polar surface area (TPSA) is 152 Å². The van der Waals surface area contributed by atoms with Crippen LogP contribution in [0.5, 0.6) is 17.2 Å². The second-order valence-electron chi connectivity index (χ2n) is 9.80. The summed E-state index contributed by atoms with van der Waals surface area (Å²) in [4.78, 5) is 45.2. The first-order valence-corrected chi connectivity index (χ1v) is 14.7. The molecule has 2 aromatic heterocycles. The summed E-state index contributed by atoms with van der Waals surface area (Å²) in [5.41, 5.74) is -1.50. The quantitative estimate of drug-likeness (QED) is 0.192. The predicted molar refractivity (Wildman–Crippen MR) is 150 cm³/mol. The van der Waals surface area contributed by atoms with Crippen LogP contribution < -0.4 is 10.1 Å². The van der Waals surface area contributed by atoms with E-state index in [1.807, 2.05) is 23.8 Å². The van der Waals surface area contributed by atoms with Crippen LogP contribution in [0.25, 0.3) is 10.7 Å². The third-order valence-electron chi connectivity index (χ3n) is 7.24. The first-order chi connectivity index (χ1) is 19.0. The van der Waals surface area contributed by atoms with E-state index >= 15 is 0 Å². The molecule has 1 aliphatic heterocycles. The third kappa shape index (κ3) is 4.22. The summed E-state index contributed by atoms with van der Waals surface area (Å²) in [6.45, 7) is 5.84. The van der Waals surface area contributed by atoms with Gasteiger partial charge in [0.15, 0.2) is 17.3 Å². The van der Waals surface area contributed by atoms with Gasteiger partial charge in [0.2, 0.25) is 11.7 Å². The normalized spacial score (nSPS) is 20.0. The van der Waals surface area contributed by atoms with Crippen LogP contribution in [0.2, 0.25) is 0 Å². The lowest BCUT2D eigenvalue weighted by Gasteiger charge is -2.29. The van der Waals surface area contributed by atoms with Gasteiger partial charge in [0, 0.05) is 17.3 Å². The number of allylic oxidation sites excluding steroid dienone is 4. The van der Waals surface area contributed by atoms with E-state index in [1.165, 1.54) is 38.2 Å². The summed E-state index contributed by atoms with van der Waals surface area (Å²) in [7, 11) is 0. The van der Waals surface area contributed by atoms with E-state index in [-0.39, 0.29) is 39.5 Å². The molecular weight excluding hydrogens is 554 g/mol. The molecule has 0 unspecified atom stereocenters. The van der Waals surface area contributed by atoms with E-state index in [2.05, 4.69) is 15.5 Å². The predicted octanol–water partition coefficient (Wildman–Crippen LogP) is 4.76. The zero-order valence-electron chi connectivity index (χ0n) is 22.4. The van der Waals surface area contributed by atoms with Crippen molar-refractivity contribution in [2.75, 3.05) is 12.0 Å². The van der Waals surface area contributed by atoms with E-state index in [9.17, 15) is 24.6 Å². The number of aromatic nitrogens is 2. The molecule has 3 N–H and O–H groups in total. The zero-order chi connectivity index (χ0) is 28.9. The number of carbonyl (C=O) groups excluding carboxylic acids is 3. The van der Waals surface area contributed by atoms with Gasteiger partial charge in [-0.05, 0) is 57.6 Å². The van der Waals surface area contributed by atoms with E-state index in [0.717, 1.165) is 10.6 Å². The molecule has 1 aliphatic carbocycles. The number of ketones is 3. The molecule has 2 atom stereocenters. The van der Waals surface area contributed by atoms with Gasteiger partial charge in [-0.15, -0.1) is 11.3 Å². The van der Waals surface area contributed by atoms with Gasteiger partial charge in [-0.2, -0.15) is 16.7 Å². The standard InChI is InChI=1S/C28H27N3O7S2/c1-12-22(34)20(14(3)32)24-21(23(12)35)28(4)18(37-24)11-16(33)19(25(28)36)13(2)29-15(8-10-39-5)27-30-26(31-38-27)17-7-6-9-40-17/h6-7,9,11,15,29,34-35H,8,10H2,1-5H3/b19-13+/t15-,28+/m1/s1. The van der Waals surface area contributed by atoms with Crippen molar-refractivity contribution in [3.63, 3.8) is 0 Å². The van der Waals surface area contributed by atoms with E-state index in [4.69, 9.17) is 9.26 Å². The van der Waals surface area contributed by atoms with Crippen molar-refractivity contribution in [2.45, 2.75) is 45.6 Å². The molecule has 0 saturated carbocycles. The van der Waals surface area contributed by atoms with Crippen LogP contribution in [-0.2, 0) is 15.0 Å². The average Bonchev–Trinajstić information content (AvgIpc) is 3.65. The van der Waals surface area contributed by atoms with Crippen molar-refractivity contribution < 1.29 is 33.9 Å². The number of phenolic OH excluding ortho intramolecular Hbond substituents is 2. The summed E-state index contributed by atoms with van der Waals surface area (Å²) in [5.74, 6) is -1.15. The molecule has 0 spiro atoms. The molecular formula is C28H27N3O7S2. The Morgan fingerprint density at radius 3 is 2.65 bits per heavy atom. The van der Waals surface area contributed by atoms with Gasteiger partial charge in [0.05, 0.1) is 16.0 Å². The molecule has 12 heteroatoms. The Bertz CT molecular complexity index is 1620. The highest BCUT2D eigenvalue weighted by molar-refractivity contribution is 7.98. The van der Waals surface area contributed by atoms with Crippen LogP contribution in [0, 0.1) is 6.92 Å². The highest BCUT2D eigenvalue weighted by Crippen LogP contribution is 2.57. The SMILES string of the molecule is CSCC[C@@H](N/C(C)=C1\C(=O)C=C2Oc3c(C(C)=O)c(O)c(C)c(O)c3[C@@]2(C)C1=O)c1nc(-c2cccs2)no1. The second-order valence-corrected chi connectivity index (χ2v) is 11.7. The lowest BCUT2D eigenvalue weighted by atomic mass is 9.70. The third-order valence-corrected chi connectivity index (χ3v) is 8.75. The van der Waals surface area contributed by atoms with Crippen molar-refractivity contribution in [3.8, 4) is 28.0 Å². The van der Waals surface area contributed by atoms with Gasteiger partial charge >= 0.3 is 0 Å². The molecule has 0 fully saturated rings. The largest absolute Gasteiger partial charge is 0.507 e. The number of thiophene rings is 1. The summed E-state index contributed by atoms with van der Waals surface area (Å²) < 4.78 is 11.4. The number of hydrogen-bond acceptors (Lipinski definition) is 12. The van der Waals surface area contributed by atoms with Gasteiger partial charge in [-0.1, -0.05) is 11.2 Å². The van der Waals surface area contributed by atoms with Crippen molar-refractivity contribution in [2.24, 2.45) is 0 Å². The van der Waals surface area contributed by atoms with Gasteiger partial charge in [-0.3, -0.25) is 14.4 Å². The van der Waals surface area contributed by atoms with Gasteiger partial charge in [0.1, 0.15) is 40.0 Å². The minimum Gasteiger partial charge on any atom is -0.507 e. The number of benzene rings is 1. The number of aromatic hydroxyl groups is 2. The molecule has 0 radical (unpaired) electrons. The van der Waals surface area contributed by atoms with E-state index < -0.39 is 34.6 Å². The highest BCUT2D eigenvalue weighted by atomic mass is 32.2. The molecule has 0 saturated heterocycles. The Kier molecular flexibility index (Phi) is 7.09. The molecule has 5 rings (SSSR count). The highest BCUT2D eigenvalue weighted by Gasteiger charge is 2.56. The zero-order valence-corrected chi connectivity index (χ0v) is 24.1. The fourth-order valence-electron chi connectivity index (χ4n) is 5.07. The van der Waals surface area contributed by atoms with Gasteiger partial charge in [0.25, 0.3) is 0 Å². The second kappa shape index (κ2) is 10.3. The number of thioether (sulfide) groups is 1. The number of fused-ring (bicyclic) bond motifs is 3. The Labute approximate surface area is 238 Å². The molecule has 10 nitrogen and oxygen atoms in total. The molecule has 0 amide bonds. The first-order valence-electron chi connectivity index (χ1n) is 12.4. The number of carbonyl (C=O) groups is 3. The monoisotopic (exact) mass is 581 g/mol. The summed E-state index contributed by atoms with van der Waals surface area (Å²) in [5, 5.41) is 30.8. The Hall–Kier alpha value is -3.90. The van der Waals surface area contributed by atoms with Crippen LogP contribution in [-0.4, -0.2) is 49.7 Å². The van der Waals surface area contributed by atoms with Crippen molar-refractivity contribution >= 4 is 40.4 Å². The summed E-state index contributed by atoms with van der Waals surface area (Å²) in [6.07, 6.45) is 3.73. The number of nitrogens with one attached hydrogen (secondary N) is 1. The van der Waals surface area contributed by atoms with Gasteiger partial charge in [-0.25, -0.2) is 0 Å². The molecule has 208 valence electrons. The van der Waals surface area contributed by atoms with Crippen LogP contribution in [0.15, 0.2) is 45.1 Å². The van der Waals surface area contributed by atoms with Gasteiger partial charge < -0.3 is 24.8 Å². The minimum absolute atomic E-state index is 0.0201. The number of phenols is 2. The van der Waals surface area contributed by atoms with E-state index in [0.29, 0.717) is 23.8 Å². The molecule has 2 aliphatic rings. The fourth-order valence-corrected chi connectivity index (χ4v) is 6.19. The van der Waals surface area contributed by atoms with Crippen LogP contribution >= 0.6 is 23.1 Å². The average molecular weight is 582 g/mol. The lowest BCUT2D eigenvalue weighted by molar-refractivity contribution is -0.123. The Morgan fingerprint density at radius 1 is 1.25 bits per heavy atom. The molecule has 0 bridgehead atoms. The number of hydrogen-bond donors (Lipinski definition) is 3. The number of nitrogens with zero attached hydrogens (tertiary/aromatic N) is 2. The maximum Gasteiger partial charge on any atom is 0.249 e. The Morgan fingerprint density at radius 2 is 2.00 bits per heavy atom. The lowest BCUT2D eigenvalue weighted by Crippen LogP contribution is -2.41. The molecule has 40 heavy (non-hydrogen) atoms. The number of ether oxygens (including phenoxy) is 1. The maximum absolute atomic E-state index is 14.1. The van der Waals surface area contributed by atoms with Crippen molar-refractivity contribution in [3.05, 3.63) is 63.2 Å². The molecule has 3 heterocycles. The van der Waals surface area contributed by atoms with Crippen LogP contribution in [0.3, 0.4) is 0 Å². The maximum atomic E-state index is 14.1. The van der Waals surface area contributed by atoms with E-state index in [1.54, 1.807) is 18.7 Å². The number of Topliss-reactive ketones (excluding diaryl/α,β-unsaturated/α-hetero) is 2. The number of rotatable bonds is 8. The molecule has 3 aromatic rings. The van der Waals surface area contributed by atoms with Crippen LogP contribution in [0.1, 0.15) is 60.6 Å². The smallest absolute Gasteiger partial charge is 0.249 e. The first kappa shape index (κ1) is 27.7.